The Morgan fingerprint density at radius 3 is 2.76 bits per heavy atom. The molecule has 1 heterocycles. The van der Waals surface area contributed by atoms with Gasteiger partial charge in [0, 0.05) is 32.2 Å². The summed E-state index contributed by atoms with van der Waals surface area (Å²) >= 11 is 0. The molecule has 1 unspecified atom stereocenters. The molecule has 1 saturated carbocycles. The molecular weight excluding hydrogens is 479 g/mol. The Balaban J connectivity index is 0.00000300. The van der Waals surface area contributed by atoms with Gasteiger partial charge in [-0.25, -0.2) is 4.99 Å². The van der Waals surface area contributed by atoms with Crippen LogP contribution in [0, 0.1) is 5.92 Å². The molecule has 1 atom stereocenters. The maximum atomic E-state index is 9.85. The lowest BCUT2D eigenvalue weighted by Gasteiger charge is -2.21. The molecule has 1 saturated heterocycles. The van der Waals surface area contributed by atoms with E-state index in [1.54, 1.807) is 6.07 Å². The SMILES string of the molecule is CCNC(=NCc1ccc(O)c(OCC)c1)NC1CCN(CC2CCCC2)C1.I. The number of likely N-dealkylation sites (tertiary alicyclic amines) is 1. The summed E-state index contributed by atoms with van der Waals surface area (Å²) in [5.74, 6) is 2.47. The van der Waals surface area contributed by atoms with E-state index in [1.807, 2.05) is 19.1 Å². The van der Waals surface area contributed by atoms with E-state index >= 15 is 0 Å². The minimum atomic E-state index is 0. The van der Waals surface area contributed by atoms with Gasteiger partial charge in [-0.15, -0.1) is 24.0 Å². The normalized spacial score (nSPS) is 20.5. The third-order valence-electron chi connectivity index (χ3n) is 5.69. The minimum absolute atomic E-state index is 0. The van der Waals surface area contributed by atoms with Crippen molar-refractivity contribution >= 4 is 29.9 Å². The molecule has 164 valence electrons. The van der Waals surface area contributed by atoms with Crippen LogP contribution in [0.3, 0.4) is 0 Å². The van der Waals surface area contributed by atoms with Crippen molar-refractivity contribution in [2.24, 2.45) is 10.9 Å². The zero-order valence-corrected chi connectivity index (χ0v) is 20.2. The van der Waals surface area contributed by atoms with Crippen LogP contribution >= 0.6 is 24.0 Å². The lowest BCUT2D eigenvalue weighted by Crippen LogP contribution is -2.44. The van der Waals surface area contributed by atoms with E-state index in [-0.39, 0.29) is 29.7 Å². The summed E-state index contributed by atoms with van der Waals surface area (Å²) in [6, 6.07) is 5.89. The Morgan fingerprint density at radius 1 is 1.24 bits per heavy atom. The highest BCUT2D eigenvalue weighted by Crippen LogP contribution is 2.27. The van der Waals surface area contributed by atoms with Crippen molar-refractivity contribution in [2.45, 2.75) is 58.5 Å². The molecule has 2 aliphatic rings. The first-order valence-corrected chi connectivity index (χ1v) is 10.9. The lowest BCUT2D eigenvalue weighted by molar-refractivity contribution is 0.275. The third-order valence-corrected chi connectivity index (χ3v) is 5.69. The number of nitrogens with one attached hydrogen (secondary N) is 2. The maximum absolute atomic E-state index is 9.85. The number of ether oxygens (including phenoxy) is 1. The van der Waals surface area contributed by atoms with Gasteiger partial charge in [-0.05, 0) is 56.7 Å². The summed E-state index contributed by atoms with van der Waals surface area (Å²) in [4.78, 5) is 7.36. The second kappa shape index (κ2) is 12.5. The van der Waals surface area contributed by atoms with Gasteiger partial charge in [0.25, 0.3) is 0 Å². The molecule has 0 radical (unpaired) electrons. The Morgan fingerprint density at radius 2 is 2.03 bits per heavy atom. The zero-order chi connectivity index (χ0) is 19.8. The van der Waals surface area contributed by atoms with Crippen LogP contribution in [0.4, 0.5) is 0 Å². The van der Waals surface area contributed by atoms with E-state index in [9.17, 15) is 5.11 Å². The van der Waals surface area contributed by atoms with Crippen molar-refractivity contribution in [1.82, 2.24) is 15.5 Å². The number of aromatic hydroxyl groups is 1. The smallest absolute Gasteiger partial charge is 0.191 e. The second-order valence-corrected chi connectivity index (χ2v) is 7.97. The van der Waals surface area contributed by atoms with Crippen molar-refractivity contribution in [1.29, 1.82) is 0 Å². The lowest BCUT2D eigenvalue weighted by atomic mass is 10.1. The monoisotopic (exact) mass is 516 g/mol. The van der Waals surface area contributed by atoms with Gasteiger partial charge < -0.3 is 25.4 Å². The van der Waals surface area contributed by atoms with Crippen LogP contribution in [0.15, 0.2) is 23.2 Å². The molecule has 0 amide bonds. The zero-order valence-electron chi connectivity index (χ0n) is 17.8. The number of hydrogen-bond donors (Lipinski definition) is 3. The third kappa shape index (κ3) is 7.51. The highest BCUT2D eigenvalue weighted by molar-refractivity contribution is 14.0. The summed E-state index contributed by atoms with van der Waals surface area (Å²) in [6.45, 7) is 9.47. The molecule has 1 aromatic carbocycles. The first-order valence-electron chi connectivity index (χ1n) is 10.9. The van der Waals surface area contributed by atoms with Gasteiger partial charge in [-0.3, -0.25) is 0 Å². The summed E-state index contributed by atoms with van der Waals surface area (Å²) in [7, 11) is 0. The van der Waals surface area contributed by atoms with Gasteiger partial charge in [0.15, 0.2) is 17.5 Å². The number of phenols is 1. The van der Waals surface area contributed by atoms with Crippen molar-refractivity contribution in [3.05, 3.63) is 23.8 Å². The number of phenolic OH excluding ortho intramolecular Hbond substituents is 1. The van der Waals surface area contributed by atoms with Gasteiger partial charge in [0.05, 0.1) is 13.2 Å². The molecule has 1 aromatic rings. The van der Waals surface area contributed by atoms with Gasteiger partial charge >= 0.3 is 0 Å². The van der Waals surface area contributed by atoms with Gasteiger partial charge in [-0.2, -0.15) is 0 Å². The van der Waals surface area contributed by atoms with Crippen LogP contribution in [0.5, 0.6) is 11.5 Å². The molecular formula is C22H37IN4O2. The molecule has 0 bridgehead atoms. The van der Waals surface area contributed by atoms with Crippen molar-refractivity contribution in [2.75, 3.05) is 32.8 Å². The molecule has 3 rings (SSSR count). The average Bonchev–Trinajstić information content (AvgIpc) is 3.35. The topological polar surface area (TPSA) is 69.1 Å². The fraction of sp³-hybridized carbons (Fsp3) is 0.682. The van der Waals surface area contributed by atoms with Crippen LogP contribution in [0.25, 0.3) is 0 Å². The van der Waals surface area contributed by atoms with Crippen molar-refractivity contribution < 1.29 is 9.84 Å². The number of rotatable bonds is 8. The Hall–Kier alpha value is -1.22. The van der Waals surface area contributed by atoms with Gasteiger partial charge in [0.2, 0.25) is 0 Å². The molecule has 29 heavy (non-hydrogen) atoms. The summed E-state index contributed by atoms with van der Waals surface area (Å²) in [6.07, 6.45) is 6.83. The minimum Gasteiger partial charge on any atom is -0.504 e. The number of nitrogens with zero attached hydrogens (tertiary/aromatic N) is 2. The first kappa shape index (κ1) is 24.1. The molecule has 1 aliphatic carbocycles. The highest BCUT2D eigenvalue weighted by Gasteiger charge is 2.26. The predicted molar refractivity (Wildman–Crippen MR) is 129 cm³/mol. The van der Waals surface area contributed by atoms with E-state index in [4.69, 9.17) is 9.73 Å². The van der Waals surface area contributed by atoms with Gasteiger partial charge in [-0.1, -0.05) is 18.9 Å². The van der Waals surface area contributed by atoms with Crippen LogP contribution in [-0.4, -0.2) is 54.8 Å². The summed E-state index contributed by atoms with van der Waals surface area (Å²) in [5.41, 5.74) is 1.02. The number of hydrogen-bond acceptors (Lipinski definition) is 4. The molecule has 0 spiro atoms. The van der Waals surface area contributed by atoms with Crippen molar-refractivity contribution in [3.63, 3.8) is 0 Å². The van der Waals surface area contributed by atoms with Gasteiger partial charge in [0.1, 0.15) is 0 Å². The molecule has 0 aromatic heterocycles. The molecule has 1 aliphatic heterocycles. The Kier molecular flexibility index (Phi) is 10.3. The maximum Gasteiger partial charge on any atom is 0.191 e. The fourth-order valence-electron chi connectivity index (χ4n) is 4.29. The Labute approximate surface area is 192 Å². The van der Waals surface area contributed by atoms with Crippen LogP contribution in [0.1, 0.15) is 51.5 Å². The second-order valence-electron chi connectivity index (χ2n) is 7.97. The predicted octanol–water partition coefficient (Wildman–Crippen LogP) is 3.73. The highest BCUT2D eigenvalue weighted by atomic mass is 127. The summed E-state index contributed by atoms with van der Waals surface area (Å²) in [5, 5.41) is 16.8. The number of guanidine groups is 1. The first-order chi connectivity index (χ1) is 13.7. The van der Waals surface area contributed by atoms with E-state index in [0.29, 0.717) is 24.9 Å². The molecule has 3 N–H and O–H groups in total. The molecule has 7 heteroatoms. The number of benzene rings is 1. The molecule has 6 nitrogen and oxygen atoms in total. The number of halogens is 1. The van der Waals surface area contributed by atoms with E-state index in [1.165, 1.54) is 45.2 Å². The van der Waals surface area contributed by atoms with Crippen LogP contribution in [-0.2, 0) is 6.54 Å². The van der Waals surface area contributed by atoms with E-state index in [0.717, 1.165) is 30.5 Å². The van der Waals surface area contributed by atoms with E-state index < -0.39 is 0 Å². The largest absolute Gasteiger partial charge is 0.504 e. The average molecular weight is 516 g/mol. The van der Waals surface area contributed by atoms with Crippen molar-refractivity contribution in [3.8, 4) is 11.5 Å². The van der Waals surface area contributed by atoms with Crippen LogP contribution < -0.4 is 15.4 Å². The quantitative estimate of drug-likeness (QED) is 0.279. The van der Waals surface area contributed by atoms with Crippen LogP contribution in [0.2, 0.25) is 0 Å². The Bertz CT molecular complexity index is 650. The molecule has 2 fully saturated rings. The standard InChI is InChI=1S/C22H36N4O2.HI/c1-3-23-22(24-14-18-9-10-20(27)21(13-18)28-4-2)25-19-11-12-26(16-19)15-17-7-5-6-8-17;/h9-10,13,17,19,27H,3-8,11-12,14-16H2,1-2H3,(H2,23,24,25);1H. The summed E-state index contributed by atoms with van der Waals surface area (Å²) < 4.78 is 5.47. The number of aliphatic imine (C=N–C) groups is 1. The fourth-order valence-corrected chi connectivity index (χ4v) is 4.29. The van der Waals surface area contributed by atoms with E-state index in [2.05, 4.69) is 22.5 Å².